The van der Waals surface area contributed by atoms with Gasteiger partial charge in [-0.2, -0.15) is 13.2 Å². The second-order valence-electron chi connectivity index (χ2n) is 4.33. The van der Waals surface area contributed by atoms with Crippen molar-refractivity contribution >= 4 is 28.6 Å². The van der Waals surface area contributed by atoms with Crippen LogP contribution in [0.4, 0.5) is 13.2 Å². The Morgan fingerprint density at radius 3 is 2.86 bits per heavy atom. The van der Waals surface area contributed by atoms with Crippen molar-refractivity contribution in [3.05, 3.63) is 28.1 Å². The molecule has 1 amide bonds. The molecule has 22 heavy (non-hydrogen) atoms. The normalized spacial score (nSPS) is 11.6. The van der Waals surface area contributed by atoms with E-state index in [4.69, 9.17) is 0 Å². The minimum atomic E-state index is -4.35. The SMILES string of the molecule is Cc1nc(-c2cccs2)sc1C(=O)NCCOCC(F)(F)F. The predicted molar refractivity (Wildman–Crippen MR) is 79.4 cm³/mol. The van der Waals surface area contributed by atoms with Gasteiger partial charge >= 0.3 is 6.18 Å². The van der Waals surface area contributed by atoms with Gasteiger partial charge in [-0.3, -0.25) is 4.79 Å². The zero-order chi connectivity index (χ0) is 16.2. The van der Waals surface area contributed by atoms with Crippen LogP contribution in [0.1, 0.15) is 15.4 Å². The third-order valence-corrected chi connectivity index (χ3v) is 4.73. The molecule has 0 aliphatic heterocycles. The number of thiophene rings is 1. The number of thiazole rings is 1. The van der Waals surface area contributed by atoms with Crippen LogP contribution in [0.15, 0.2) is 17.5 Å². The quantitative estimate of drug-likeness (QED) is 0.812. The van der Waals surface area contributed by atoms with Gasteiger partial charge < -0.3 is 10.1 Å². The molecule has 0 unspecified atom stereocenters. The molecule has 120 valence electrons. The van der Waals surface area contributed by atoms with Crippen molar-refractivity contribution in [3.8, 4) is 9.88 Å². The van der Waals surface area contributed by atoms with Gasteiger partial charge in [0.15, 0.2) is 0 Å². The van der Waals surface area contributed by atoms with Gasteiger partial charge in [-0.1, -0.05) is 6.07 Å². The fraction of sp³-hybridized carbons (Fsp3) is 0.385. The van der Waals surface area contributed by atoms with E-state index in [0.717, 1.165) is 9.88 Å². The van der Waals surface area contributed by atoms with E-state index in [2.05, 4.69) is 15.0 Å². The maximum absolute atomic E-state index is 12.0. The highest BCUT2D eigenvalue weighted by Crippen LogP contribution is 2.30. The van der Waals surface area contributed by atoms with Gasteiger partial charge in [0.05, 0.1) is 17.2 Å². The molecule has 0 atom stereocenters. The Bertz CT molecular complexity index is 624. The molecule has 0 fully saturated rings. The Balaban J connectivity index is 1.85. The van der Waals surface area contributed by atoms with Crippen molar-refractivity contribution in [1.29, 1.82) is 0 Å². The number of nitrogens with one attached hydrogen (secondary N) is 1. The number of nitrogens with zero attached hydrogens (tertiary/aromatic N) is 1. The van der Waals surface area contributed by atoms with E-state index >= 15 is 0 Å². The maximum atomic E-state index is 12.0. The molecule has 0 bridgehead atoms. The van der Waals surface area contributed by atoms with E-state index in [0.29, 0.717) is 10.6 Å². The van der Waals surface area contributed by atoms with Gasteiger partial charge in [-0.25, -0.2) is 4.98 Å². The Labute approximate surface area is 133 Å². The standard InChI is InChI=1S/C13H13F3N2O2S2/c1-8-10(22-12(18-8)9-3-2-6-21-9)11(19)17-4-5-20-7-13(14,15)16/h2-3,6H,4-5,7H2,1H3,(H,17,19). The highest BCUT2D eigenvalue weighted by molar-refractivity contribution is 7.22. The van der Waals surface area contributed by atoms with Crippen LogP contribution in [-0.2, 0) is 4.74 Å². The molecule has 0 radical (unpaired) electrons. The van der Waals surface area contributed by atoms with E-state index in [1.165, 1.54) is 22.7 Å². The predicted octanol–water partition coefficient (Wildman–Crippen LogP) is 3.49. The van der Waals surface area contributed by atoms with Crippen molar-refractivity contribution in [1.82, 2.24) is 10.3 Å². The molecule has 0 spiro atoms. The van der Waals surface area contributed by atoms with E-state index < -0.39 is 12.8 Å². The first kappa shape index (κ1) is 16.9. The number of aromatic nitrogens is 1. The lowest BCUT2D eigenvalue weighted by atomic mass is 10.3. The number of halogens is 3. The lowest BCUT2D eigenvalue weighted by molar-refractivity contribution is -0.173. The summed E-state index contributed by atoms with van der Waals surface area (Å²) in [6.07, 6.45) is -4.35. The average molecular weight is 350 g/mol. The summed E-state index contributed by atoms with van der Waals surface area (Å²) in [6.45, 7) is 0.231. The Morgan fingerprint density at radius 2 is 2.23 bits per heavy atom. The third kappa shape index (κ3) is 4.79. The van der Waals surface area contributed by atoms with Crippen LogP contribution in [0.2, 0.25) is 0 Å². The molecule has 2 rings (SSSR count). The molecule has 9 heteroatoms. The highest BCUT2D eigenvalue weighted by atomic mass is 32.1. The molecule has 0 aliphatic rings. The van der Waals surface area contributed by atoms with Crippen molar-refractivity contribution in [2.45, 2.75) is 13.1 Å². The first-order valence-corrected chi connectivity index (χ1v) is 8.00. The first-order chi connectivity index (χ1) is 10.4. The summed E-state index contributed by atoms with van der Waals surface area (Å²) in [5, 5.41) is 5.20. The maximum Gasteiger partial charge on any atom is 0.411 e. The zero-order valence-corrected chi connectivity index (χ0v) is 13.2. The molecule has 1 N–H and O–H groups in total. The smallest absolute Gasteiger partial charge is 0.370 e. The van der Waals surface area contributed by atoms with Gasteiger partial charge in [-0.05, 0) is 18.4 Å². The summed E-state index contributed by atoms with van der Waals surface area (Å²) in [5.74, 6) is -0.353. The number of alkyl halides is 3. The summed E-state index contributed by atoms with van der Waals surface area (Å²) in [5.41, 5.74) is 0.599. The number of hydrogen-bond acceptors (Lipinski definition) is 5. The molecule has 2 aromatic heterocycles. The van der Waals surface area contributed by atoms with E-state index in [1.807, 2.05) is 17.5 Å². The van der Waals surface area contributed by atoms with Gasteiger partial charge in [0, 0.05) is 6.54 Å². The summed E-state index contributed by atoms with van der Waals surface area (Å²) < 4.78 is 40.1. The van der Waals surface area contributed by atoms with E-state index in [9.17, 15) is 18.0 Å². The van der Waals surface area contributed by atoms with Crippen LogP contribution in [0.3, 0.4) is 0 Å². The number of carbonyl (C=O) groups excluding carboxylic acids is 1. The monoisotopic (exact) mass is 350 g/mol. The molecule has 0 aliphatic carbocycles. The van der Waals surface area contributed by atoms with Crippen LogP contribution in [0.5, 0.6) is 0 Å². The van der Waals surface area contributed by atoms with Crippen LogP contribution in [-0.4, -0.2) is 36.8 Å². The number of carbonyl (C=O) groups is 1. The van der Waals surface area contributed by atoms with Crippen LogP contribution >= 0.6 is 22.7 Å². The lowest BCUT2D eigenvalue weighted by Gasteiger charge is -2.08. The minimum Gasteiger partial charge on any atom is -0.370 e. The number of ether oxygens (including phenoxy) is 1. The molecule has 4 nitrogen and oxygen atoms in total. The first-order valence-electron chi connectivity index (χ1n) is 6.31. The number of aryl methyl sites for hydroxylation is 1. The van der Waals surface area contributed by atoms with Crippen molar-refractivity contribution in [3.63, 3.8) is 0 Å². The summed E-state index contributed by atoms with van der Waals surface area (Å²) in [7, 11) is 0. The Hall–Kier alpha value is -1.45. The molecular formula is C13H13F3N2O2S2. The second kappa shape index (κ2) is 7.21. The lowest BCUT2D eigenvalue weighted by Crippen LogP contribution is -2.28. The van der Waals surface area contributed by atoms with Crippen molar-refractivity contribution in [2.24, 2.45) is 0 Å². The second-order valence-corrected chi connectivity index (χ2v) is 6.28. The van der Waals surface area contributed by atoms with E-state index in [1.54, 1.807) is 6.92 Å². The van der Waals surface area contributed by atoms with Gasteiger partial charge in [0.25, 0.3) is 5.91 Å². The summed E-state index contributed by atoms with van der Waals surface area (Å²) in [6, 6.07) is 3.81. The Kier molecular flexibility index (Phi) is 5.54. The number of rotatable bonds is 6. The average Bonchev–Trinajstić information content (AvgIpc) is 3.05. The van der Waals surface area contributed by atoms with Crippen LogP contribution in [0, 0.1) is 6.92 Å². The van der Waals surface area contributed by atoms with Gasteiger partial charge in [-0.15, -0.1) is 22.7 Å². The molecule has 0 saturated heterocycles. The van der Waals surface area contributed by atoms with Crippen molar-refractivity contribution < 1.29 is 22.7 Å². The summed E-state index contributed by atoms with van der Waals surface area (Å²) in [4.78, 5) is 17.8. The summed E-state index contributed by atoms with van der Waals surface area (Å²) >= 11 is 2.79. The third-order valence-electron chi connectivity index (χ3n) is 2.53. The van der Waals surface area contributed by atoms with Crippen LogP contribution in [0.25, 0.3) is 9.88 Å². The molecule has 2 aromatic rings. The number of hydrogen-bond donors (Lipinski definition) is 1. The topological polar surface area (TPSA) is 51.2 Å². The Morgan fingerprint density at radius 1 is 1.45 bits per heavy atom. The largest absolute Gasteiger partial charge is 0.411 e. The molecule has 2 heterocycles. The van der Waals surface area contributed by atoms with Crippen LogP contribution < -0.4 is 5.32 Å². The minimum absolute atomic E-state index is 0.0145. The fourth-order valence-corrected chi connectivity index (χ4v) is 3.40. The molecule has 0 aromatic carbocycles. The molecule has 0 saturated carbocycles. The van der Waals surface area contributed by atoms with Gasteiger partial charge in [0.2, 0.25) is 0 Å². The van der Waals surface area contributed by atoms with Gasteiger partial charge in [0.1, 0.15) is 16.5 Å². The zero-order valence-electron chi connectivity index (χ0n) is 11.6. The highest BCUT2D eigenvalue weighted by Gasteiger charge is 2.27. The number of amides is 1. The van der Waals surface area contributed by atoms with E-state index in [-0.39, 0.29) is 19.1 Å². The van der Waals surface area contributed by atoms with Crippen molar-refractivity contribution in [2.75, 3.05) is 19.8 Å². The molecular weight excluding hydrogens is 337 g/mol. The fourth-order valence-electron chi connectivity index (χ4n) is 1.62.